The third kappa shape index (κ3) is 3.67. The number of aliphatic hydroxyl groups is 1. The Labute approximate surface area is 161 Å². The standard InChI is InChI=1S/C18H20Cl2N4O2/c1-18(2,26)6-5-13-15(20)14-11(19)8-12(16(21)25)23-17(14)24(13)10-4-3-7-22-9-10/h8,10,22,26H,3-4,7,9H2,1-2H3,(H2,21,25)/t10-/m0/s1. The van der Waals surface area contributed by atoms with Crippen LogP contribution in [0.5, 0.6) is 0 Å². The van der Waals surface area contributed by atoms with Crippen LogP contribution >= 0.6 is 23.2 Å². The SMILES string of the molecule is CC(C)(O)C#Cc1c(Cl)c2c(Cl)cc(C(N)=O)nc2n1[C@H]1CCCNC1. The number of hydrogen-bond acceptors (Lipinski definition) is 4. The number of nitrogens with one attached hydrogen (secondary N) is 1. The van der Waals surface area contributed by atoms with Crippen LogP contribution in [0, 0.1) is 11.8 Å². The van der Waals surface area contributed by atoms with E-state index >= 15 is 0 Å². The molecule has 138 valence electrons. The molecule has 1 atom stereocenters. The monoisotopic (exact) mass is 394 g/mol. The minimum absolute atomic E-state index is 0.0524. The Morgan fingerprint density at radius 3 is 2.81 bits per heavy atom. The number of carbonyl (C=O) groups excluding carboxylic acids is 1. The van der Waals surface area contributed by atoms with Gasteiger partial charge in [0.15, 0.2) is 0 Å². The molecule has 2 aromatic heterocycles. The average Bonchev–Trinajstić information content (AvgIpc) is 2.85. The van der Waals surface area contributed by atoms with Crippen LogP contribution < -0.4 is 11.1 Å². The van der Waals surface area contributed by atoms with Crippen LogP contribution in [-0.2, 0) is 0 Å². The molecule has 4 N–H and O–H groups in total. The van der Waals surface area contributed by atoms with E-state index in [1.807, 2.05) is 4.57 Å². The maximum absolute atomic E-state index is 11.6. The number of nitrogens with two attached hydrogens (primary N) is 1. The van der Waals surface area contributed by atoms with Crippen molar-refractivity contribution in [3.8, 4) is 11.8 Å². The van der Waals surface area contributed by atoms with Crippen LogP contribution in [-0.4, -0.2) is 39.3 Å². The van der Waals surface area contributed by atoms with E-state index in [9.17, 15) is 9.90 Å². The summed E-state index contributed by atoms with van der Waals surface area (Å²) < 4.78 is 1.90. The molecule has 1 fully saturated rings. The normalized spacial score (nSPS) is 17.8. The predicted molar refractivity (Wildman–Crippen MR) is 103 cm³/mol. The molecular weight excluding hydrogens is 375 g/mol. The molecule has 8 heteroatoms. The topological polar surface area (TPSA) is 93.2 Å². The number of pyridine rings is 1. The average molecular weight is 395 g/mol. The van der Waals surface area contributed by atoms with Gasteiger partial charge in [0.1, 0.15) is 22.6 Å². The molecule has 1 aliphatic heterocycles. The summed E-state index contributed by atoms with van der Waals surface area (Å²) >= 11 is 12.9. The summed E-state index contributed by atoms with van der Waals surface area (Å²) in [6.07, 6.45) is 1.90. The maximum Gasteiger partial charge on any atom is 0.267 e. The summed E-state index contributed by atoms with van der Waals surface area (Å²) in [5.41, 5.74) is 5.28. The van der Waals surface area contributed by atoms with Crippen molar-refractivity contribution in [1.82, 2.24) is 14.9 Å². The van der Waals surface area contributed by atoms with Crippen molar-refractivity contribution in [2.45, 2.75) is 38.3 Å². The van der Waals surface area contributed by atoms with E-state index in [0.717, 1.165) is 25.9 Å². The van der Waals surface area contributed by atoms with E-state index < -0.39 is 11.5 Å². The Balaban J connectivity index is 2.32. The molecule has 0 bridgehead atoms. The number of rotatable bonds is 2. The predicted octanol–water partition coefficient (Wildman–Crippen LogP) is 2.49. The summed E-state index contributed by atoms with van der Waals surface area (Å²) in [6.45, 7) is 4.85. The molecule has 1 amide bonds. The van der Waals surface area contributed by atoms with Gasteiger partial charge in [-0.25, -0.2) is 4.98 Å². The Morgan fingerprint density at radius 1 is 1.50 bits per heavy atom. The zero-order chi connectivity index (χ0) is 19.1. The third-order valence-electron chi connectivity index (χ3n) is 4.22. The molecule has 26 heavy (non-hydrogen) atoms. The van der Waals surface area contributed by atoms with Crippen molar-refractivity contribution < 1.29 is 9.90 Å². The first-order valence-corrected chi connectivity index (χ1v) is 9.10. The number of halogens is 2. The molecule has 3 heterocycles. The summed E-state index contributed by atoms with van der Waals surface area (Å²) in [7, 11) is 0. The number of fused-ring (bicyclic) bond motifs is 1. The summed E-state index contributed by atoms with van der Waals surface area (Å²) in [5.74, 6) is 5.10. The van der Waals surface area contributed by atoms with Gasteiger partial charge < -0.3 is 20.7 Å². The van der Waals surface area contributed by atoms with Crippen LogP contribution in [0.2, 0.25) is 10.0 Å². The molecule has 0 aromatic carbocycles. The molecule has 1 saturated heterocycles. The number of carbonyl (C=O) groups is 1. The molecule has 0 spiro atoms. The van der Waals surface area contributed by atoms with E-state index in [0.29, 0.717) is 26.8 Å². The second kappa shape index (κ2) is 7.09. The van der Waals surface area contributed by atoms with Crippen molar-refractivity contribution in [2.75, 3.05) is 13.1 Å². The van der Waals surface area contributed by atoms with Crippen LogP contribution in [0.3, 0.4) is 0 Å². The summed E-state index contributed by atoms with van der Waals surface area (Å²) in [6, 6.07) is 1.46. The fraction of sp³-hybridized carbons (Fsp3) is 0.444. The highest BCUT2D eigenvalue weighted by atomic mass is 35.5. The second-order valence-corrected chi connectivity index (χ2v) is 7.68. The van der Waals surface area contributed by atoms with Gasteiger partial charge in [-0.15, -0.1) is 0 Å². The lowest BCUT2D eigenvalue weighted by Gasteiger charge is -2.26. The second-order valence-electron chi connectivity index (χ2n) is 6.89. The number of amides is 1. The lowest BCUT2D eigenvalue weighted by atomic mass is 10.1. The van der Waals surface area contributed by atoms with Gasteiger partial charge in [-0.05, 0) is 45.2 Å². The first-order valence-electron chi connectivity index (χ1n) is 8.35. The molecule has 0 radical (unpaired) electrons. The molecule has 2 aromatic rings. The summed E-state index contributed by atoms with van der Waals surface area (Å²) in [5, 5.41) is 14.5. The molecule has 0 unspecified atom stereocenters. The summed E-state index contributed by atoms with van der Waals surface area (Å²) in [4.78, 5) is 16.0. The number of nitrogens with zero attached hydrogens (tertiary/aromatic N) is 2. The van der Waals surface area contributed by atoms with Gasteiger partial charge in [0.2, 0.25) is 0 Å². The van der Waals surface area contributed by atoms with E-state index in [1.165, 1.54) is 6.07 Å². The highest BCUT2D eigenvalue weighted by molar-refractivity contribution is 6.43. The highest BCUT2D eigenvalue weighted by Gasteiger charge is 2.26. The van der Waals surface area contributed by atoms with Crippen LogP contribution in [0.1, 0.15) is 48.9 Å². The first kappa shape index (κ1) is 19.0. The molecule has 1 aliphatic rings. The smallest absolute Gasteiger partial charge is 0.267 e. The zero-order valence-corrected chi connectivity index (χ0v) is 16.1. The van der Waals surface area contributed by atoms with Gasteiger partial charge in [-0.1, -0.05) is 29.1 Å². The molecule has 6 nitrogen and oxygen atoms in total. The first-order chi connectivity index (χ1) is 12.2. The number of hydrogen-bond donors (Lipinski definition) is 3. The van der Waals surface area contributed by atoms with Crippen molar-refractivity contribution in [3.05, 3.63) is 27.5 Å². The molecule has 0 aliphatic carbocycles. The minimum Gasteiger partial charge on any atom is -0.378 e. The van der Waals surface area contributed by atoms with Gasteiger partial charge in [-0.2, -0.15) is 0 Å². The molecular formula is C18H20Cl2N4O2. The van der Waals surface area contributed by atoms with Crippen molar-refractivity contribution in [2.24, 2.45) is 5.73 Å². The van der Waals surface area contributed by atoms with Gasteiger partial charge in [0.05, 0.1) is 15.4 Å². The fourth-order valence-corrected chi connectivity index (χ4v) is 3.73. The lowest BCUT2D eigenvalue weighted by molar-refractivity contribution is 0.0995. The van der Waals surface area contributed by atoms with Crippen LogP contribution in [0.25, 0.3) is 11.0 Å². The lowest BCUT2D eigenvalue weighted by Crippen LogP contribution is -2.32. The van der Waals surface area contributed by atoms with Crippen molar-refractivity contribution in [1.29, 1.82) is 0 Å². The maximum atomic E-state index is 11.6. The number of aromatic nitrogens is 2. The van der Waals surface area contributed by atoms with Gasteiger partial charge in [0.25, 0.3) is 5.91 Å². The van der Waals surface area contributed by atoms with Crippen molar-refractivity contribution >= 4 is 40.1 Å². The Bertz CT molecular complexity index is 929. The highest BCUT2D eigenvalue weighted by Crippen LogP contribution is 2.38. The van der Waals surface area contributed by atoms with Gasteiger partial charge in [0, 0.05) is 12.6 Å². The minimum atomic E-state index is -1.18. The van der Waals surface area contributed by atoms with Gasteiger partial charge >= 0.3 is 0 Å². The Morgan fingerprint density at radius 2 is 2.23 bits per heavy atom. The molecule has 3 rings (SSSR count). The third-order valence-corrected chi connectivity index (χ3v) is 4.89. The van der Waals surface area contributed by atoms with Crippen LogP contribution in [0.4, 0.5) is 0 Å². The van der Waals surface area contributed by atoms with Gasteiger partial charge in [-0.3, -0.25) is 4.79 Å². The Hall–Kier alpha value is -1.78. The van der Waals surface area contributed by atoms with E-state index in [-0.39, 0.29) is 11.7 Å². The van der Waals surface area contributed by atoms with E-state index in [2.05, 4.69) is 22.1 Å². The number of primary amides is 1. The molecule has 0 saturated carbocycles. The Kier molecular flexibility index (Phi) is 5.18. The van der Waals surface area contributed by atoms with E-state index in [1.54, 1.807) is 13.8 Å². The largest absolute Gasteiger partial charge is 0.378 e. The number of piperidine rings is 1. The quantitative estimate of drug-likeness (QED) is 0.682. The zero-order valence-electron chi connectivity index (χ0n) is 14.6. The fourth-order valence-electron chi connectivity index (χ4n) is 3.07. The van der Waals surface area contributed by atoms with E-state index in [4.69, 9.17) is 28.9 Å². The van der Waals surface area contributed by atoms with Crippen LogP contribution in [0.15, 0.2) is 6.07 Å². The van der Waals surface area contributed by atoms with Crippen molar-refractivity contribution in [3.63, 3.8) is 0 Å².